The highest BCUT2D eigenvalue weighted by atomic mass is 32.2. The Morgan fingerprint density at radius 2 is 1.95 bits per heavy atom. The van der Waals surface area contributed by atoms with E-state index in [9.17, 15) is 4.79 Å². The standard InChI is InChI=1S/C15H17NO2S/c1-4-11-7-12-5-9(2)10(3)6-13(12)16-15(11)19-8-14(17)18/h5-7H,4,8H2,1-3H3,(H,17,18). The molecule has 2 rings (SSSR count). The Labute approximate surface area is 117 Å². The highest BCUT2D eigenvalue weighted by Gasteiger charge is 2.09. The van der Waals surface area contributed by atoms with Crippen molar-refractivity contribution in [3.8, 4) is 0 Å². The number of rotatable bonds is 4. The van der Waals surface area contributed by atoms with Crippen LogP contribution in [0, 0.1) is 13.8 Å². The SMILES string of the molecule is CCc1cc2cc(C)c(C)cc2nc1SCC(=O)O. The van der Waals surface area contributed by atoms with Gasteiger partial charge in [0.05, 0.1) is 11.3 Å². The van der Waals surface area contributed by atoms with Gasteiger partial charge >= 0.3 is 5.97 Å². The molecule has 1 aromatic heterocycles. The lowest BCUT2D eigenvalue weighted by Gasteiger charge is -2.09. The first-order valence-corrected chi connectivity index (χ1v) is 7.25. The summed E-state index contributed by atoms with van der Waals surface area (Å²) in [6, 6.07) is 6.33. The average molecular weight is 275 g/mol. The van der Waals surface area contributed by atoms with Crippen LogP contribution in [0.25, 0.3) is 10.9 Å². The number of carboxylic acids is 1. The lowest BCUT2D eigenvalue weighted by Crippen LogP contribution is -2.00. The number of benzene rings is 1. The van der Waals surface area contributed by atoms with Gasteiger partial charge in [-0.3, -0.25) is 4.79 Å². The van der Waals surface area contributed by atoms with Crippen LogP contribution in [-0.4, -0.2) is 21.8 Å². The summed E-state index contributed by atoms with van der Waals surface area (Å²) in [5.41, 5.74) is 4.51. The van der Waals surface area contributed by atoms with Gasteiger partial charge in [-0.15, -0.1) is 0 Å². The van der Waals surface area contributed by atoms with Gasteiger partial charge in [-0.05, 0) is 55.2 Å². The summed E-state index contributed by atoms with van der Waals surface area (Å²) in [6.07, 6.45) is 0.859. The smallest absolute Gasteiger partial charge is 0.313 e. The van der Waals surface area contributed by atoms with E-state index in [0.29, 0.717) is 0 Å². The zero-order valence-electron chi connectivity index (χ0n) is 11.4. The lowest BCUT2D eigenvalue weighted by molar-refractivity contribution is -0.133. The third-order valence-electron chi connectivity index (χ3n) is 3.18. The monoisotopic (exact) mass is 275 g/mol. The molecule has 1 aromatic carbocycles. The number of nitrogens with zero attached hydrogens (tertiary/aromatic N) is 1. The van der Waals surface area contributed by atoms with Gasteiger partial charge in [-0.2, -0.15) is 0 Å². The van der Waals surface area contributed by atoms with Crippen LogP contribution in [-0.2, 0) is 11.2 Å². The van der Waals surface area contributed by atoms with Gasteiger partial charge in [-0.25, -0.2) is 4.98 Å². The predicted octanol–water partition coefficient (Wildman–Crippen LogP) is 3.59. The van der Waals surface area contributed by atoms with Gasteiger partial charge < -0.3 is 5.11 Å². The molecule has 0 aliphatic carbocycles. The van der Waals surface area contributed by atoms with Gasteiger partial charge in [0.25, 0.3) is 0 Å². The number of hydrogen-bond donors (Lipinski definition) is 1. The minimum absolute atomic E-state index is 0.0519. The Morgan fingerprint density at radius 1 is 1.26 bits per heavy atom. The van der Waals surface area contributed by atoms with Gasteiger partial charge in [0.1, 0.15) is 5.03 Å². The highest BCUT2D eigenvalue weighted by Crippen LogP contribution is 2.27. The molecule has 0 aliphatic rings. The maximum absolute atomic E-state index is 10.7. The molecule has 1 N–H and O–H groups in total. The summed E-state index contributed by atoms with van der Waals surface area (Å²) < 4.78 is 0. The molecule has 100 valence electrons. The number of aromatic nitrogens is 1. The van der Waals surface area contributed by atoms with Crippen LogP contribution in [0.15, 0.2) is 23.2 Å². The molecular formula is C15H17NO2S. The van der Waals surface area contributed by atoms with Crippen LogP contribution < -0.4 is 0 Å². The van der Waals surface area contributed by atoms with Crippen molar-refractivity contribution in [3.05, 3.63) is 34.9 Å². The Balaban J connectivity index is 2.51. The quantitative estimate of drug-likeness (QED) is 0.866. The number of pyridine rings is 1. The van der Waals surface area contributed by atoms with E-state index in [1.54, 1.807) is 0 Å². The first kappa shape index (κ1) is 13.9. The molecule has 2 aromatic rings. The maximum Gasteiger partial charge on any atom is 0.313 e. The van der Waals surface area contributed by atoms with Crippen LogP contribution >= 0.6 is 11.8 Å². The molecule has 4 heteroatoms. The molecular weight excluding hydrogens is 258 g/mol. The van der Waals surface area contributed by atoms with Gasteiger partial charge in [0.2, 0.25) is 0 Å². The zero-order chi connectivity index (χ0) is 14.0. The number of carbonyl (C=O) groups is 1. The Hall–Kier alpha value is -1.55. The fourth-order valence-electron chi connectivity index (χ4n) is 1.97. The number of fused-ring (bicyclic) bond motifs is 1. The number of thioether (sulfide) groups is 1. The van der Waals surface area contributed by atoms with Crippen LogP contribution in [0.5, 0.6) is 0 Å². The minimum atomic E-state index is -0.811. The zero-order valence-corrected chi connectivity index (χ0v) is 12.2. The third kappa shape index (κ3) is 3.07. The van der Waals surface area contributed by atoms with Crippen LogP contribution in [0.4, 0.5) is 0 Å². The van der Waals surface area contributed by atoms with Gasteiger partial charge in [-0.1, -0.05) is 18.7 Å². The summed E-state index contributed by atoms with van der Waals surface area (Å²) in [6.45, 7) is 6.22. The van der Waals surface area contributed by atoms with Crippen molar-refractivity contribution in [3.63, 3.8) is 0 Å². The number of aryl methyl sites for hydroxylation is 3. The predicted molar refractivity (Wildman–Crippen MR) is 79.0 cm³/mol. The Kier molecular flexibility index (Phi) is 4.10. The molecule has 0 amide bonds. The summed E-state index contributed by atoms with van der Waals surface area (Å²) >= 11 is 1.29. The largest absolute Gasteiger partial charge is 0.481 e. The molecule has 0 fully saturated rings. The van der Waals surface area contributed by atoms with E-state index in [2.05, 4.69) is 44.0 Å². The number of aliphatic carboxylic acids is 1. The van der Waals surface area contributed by atoms with Crippen molar-refractivity contribution < 1.29 is 9.90 Å². The molecule has 0 bridgehead atoms. The van der Waals surface area contributed by atoms with E-state index >= 15 is 0 Å². The van der Waals surface area contributed by atoms with Crippen molar-refractivity contribution in [1.82, 2.24) is 4.98 Å². The highest BCUT2D eigenvalue weighted by molar-refractivity contribution is 7.99. The molecule has 0 saturated heterocycles. The second-order valence-corrected chi connectivity index (χ2v) is 5.58. The second kappa shape index (κ2) is 5.61. The average Bonchev–Trinajstić information content (AvgIpc) is 2.37. The van der Waals surface area contributed by atoms with Crippen molar-refractivity contribution in [2.75, 3.05) is 5.75 Å². The Morgan fingerprint density at radius 3 is 2.58 bits per heavy atom. The summed E-state index contributed by atoms with van der Waals surface area (Å²) in [7, 11) is 0. The molecule has 0 saturated carbocycles. The molecule has 3 nitrogen and oxygen atoms in total. The van der Waals surface area contributed by atoms with Crippen molar-refractivity contribution in [2.45, 2.75) is 32.2 Å². The topological polar surface area (TPSA) is 50.2 Å². The number of hydrogen-bond acceptors (Lipinski definition) is 3. The van der Waals surface area contributed by atoms with Gasteiger partial charge in [0, 0.05) is 5.39 Å². The van der Waals surface area contributed by atoms with Crippen LogP contribution in [0.3, 0.4) is 0 Å². The summed E-state index contributed by atoms with van der Waals surface area (Å²) in [5, 5.41) is 10.7. The fourth-order valence-corrected chi connectivity index (χ4v) is 2.79. The first-order chi connectivity index (χ1) is 9.01. The molecule has 19 heavy (non-hydrogen) atoms. The molecule has 0 aliphatic heterocycles. The minimum Gasteiger partial charge on any atom is -0.481 e. The second-order valence-electron chi connectivity index (χ2n) is 4.62. The normalized spacial score (nSPS) is 10.9. The molecule has 0 spiro atoms. The van der Waals surface area contributed by atoms with Crippen LogP contribution in [0.2, 0.25) is 0 Å². The fraction of sp³-hybridized carbons (Fsp3) is 0.333. The van der Waals surface area contributed by atoms with Crippen molar-refractivity contribution in [1.29, 1.82) is 0 Å². The van der Waals surface area contributed by atoms with E-state index in [0.717, 1.165) is 27.9 Å². The van der Waals surface area contributed by atoms with E-state index < -0.39 is 5.97 Å². The van der Waals surface area contributed by atoms with E-state index in [4.69, 9.17) is 5.11 Å². The van der Waals surface area contributed by atoms with Crippen molar-refractivity contribution >= 4 is 28.6 Å². The van der Waals surface area contributed by atoms with Gasteiger partial charge in [0.15, 0.2) is 0 Å². The molecule has 0 radical (unpaired) electrons. The maximum atomic E-state index is 10.7. The first-order valence-electron chi connectivity index (χ1n) is 6.26. The van der Waals surface area contributed by atoms with Crippen molar-refractivity contribution in [2.24, 2.45) is 0 Å². The van der Waals surface area contributed by atoms with Crippen LogP contribution in [0.1, 0.15) is 23.6 Å². The summed E-state index contributed by atoms with van der Waals surface area (Å²) in [5.74, 6) is -0.759. The van der Waals surface area contributed by atoms with E-state index in [1.165, 1.54) is 22.9 Å². The lowest BCUT2D eigenvalue weighted by atomic mass is 10.0. The van der Waals surface area contributed by atoms with E-state index in [-0.39, 0.29) is 5.75 Å². The van der Waals surface area contributed by atoms with E-state index in [1.807, 2.05) is 0 Å². The molecule has 0 unspecified atom stereocenters. The third-order valence-corrected chi connectivity index (χ3v) is 4.20. The molecule has 0 atom stereocenters. The number of carboxylic acid groups (broad SMARTS) is 1. The Bertz CT molecular complexity index is 638. The molecule has 1 heterocycles. The summed E-state index contributed by atoms with van der Waals surface area (Å²) in [4.78, 5) is 15.3.